The minimum absolute atomic E-state index is 0.194. The Kier molecular flexibility index (Phi) is 3.65. The number of hydrogen-bond acceptors (Lipinski definition) is 5. The third kappa shape index (κ3) is 2.68. The molecule has 0 saturated carbocycles. The maximum Gasteiger partial charge on any atom is 0.348 e. The van der Waals surface area contributed by atoms with Crippen LogP contribution in [0.1, 0.15) is 19.8 Å². The smallest absolute Gasteiger partial charge is 0.348 e. The van der Waals surface area contributed by atoms with Crippen molar-refractivity contribution in [2.45, 2.75) is 25.9 Å². The van der Waals surface area contributed by atoms with E-state index in [-0.39, 0.29) is 13.0 Å². The number of carbonyl (C=O) groups is 3. The summed E-state index contributed by atoms with van der Waals surface area (Å²) in [5.74, 6) is -3.81. The number of ether oxygens (including phenoxy) is 2. The van der Waals surface area contributed by atoms with Crippen molar-refractivity contribution in [3.05, 3.63) is 0 Å². The normalized spacial score (nSPS) is 24.7. The highest BCUT2D eigenvalue weighted by molar-refractivity contribution is 5.91. The summed E-state index contributed by atoms with van der Waals surface area (Å²) in [4.78, 5) is 32.9. The topological polar surface area (TPSA) is 89.9 Å². The van der Waals surface area contributed by atoms with E-state index in [0.717, 1.165) is 0 Å². The number of carboxylic acids is 1. The molecule has 1 rings (SSSR count). The summed E-state index contributed by atoms with van der Waals surface area (Å²) in [5.41, 5.74) is 0. The van der Waals surface area contributed by atoms with Gasteiger partial charge in [0.05, 0.1) is 13.0 Å². The quantitative estimate of drug-likeness (QED) is 0.663. The van der Waals surface area contributed by atoms with Crippen LogP contribution in [-0.4, -0.2) is 35.7 Å². The molecule has 0 radical (unpaired) electrons. The zero-order chi connectivity index (χ0) is 11.4. The van der Waals surface area contributed by atoms with Gasteiger partial charge in [0.15, 0.2) is 0 Å². The molecule has 1 N–H and O–H groups in total. The third-order valence-corrected chi connectivity index (χ3v) is 2.01. The average Bonchev–Trinajstić information content (AvgIpc) is 2.57. The van der Waals surface area contributed by atoms with Crippen molar-refractivity contribution in [2.75, 3.05) is 6.61 Å². The first-order chi connectivity index (χ1) is 7.06. The lowest BCUT2D eigenvalue weighted by Crippen LogP contribution is -2.33. The number of esters is 2. The maximum atomic E-state index is 11.3. The van der Waals surface area contributed by atoms with Gasteiger partial charge in [-0.05, 0) is 6.42 Å². The van der Waals surface area contributed by atoms with Crippen LogP contribution in [0.15, 0.2) is 0 Å². The van der Waals surface area contributed by atoms with Gasteiger partial charge in [0.1, 0.15) is 5.92 Å². The molecule has 1 heterocycles. The van der Waals surface area contributed by atoms with Gasteiger partial charge in [0.2, 0.25) is 6.10 Å². The maximum absolute atomic E-state index is 11.3. The molecule has 0 aromatic rings. The first kappa shape index (κ1) is 11.5. The van der Waals surface area contributed by atoms with Crippen LogP contribution in [0, 0.1) is 5.92 Å². The molecule has 0 bridgehead atoms. The van der Waals surface area contributed by atoms with E-state index in [0.29, 0.717) is 6.42 Å². The highest BCUT2D eigenvalue weighted by atomic mass is 16.6. The molecule has 0 amide bonds. The van der Waals surface area contributed by atoms with Crippen LogP contribution in [0.3, 0.4) is 0 Å². The summed E-state index contributed by atoms with van der Waals surface area (Å²) in [6.07, 6.45) is -0.938. The average molecular weight is 216 g/mol. The van der Waals surface area contributed by atoms with Crippen molar-refractivity contribution < 1.29 is 29.0 Å². The van der Waals surface area contributed by atoms with Crippen LogP contribution >= 0.6 is 0 Å². The lowest BCUT2D eigenvalue weighted by atomic mass is 10.0. The SMILES string of the molecule is CCCOC(=O)[C@@H]1OC(=O)C[C@@H]1C(=O)O. The molecular formula is C9H12O6. The fourth-order valence-corrected chi connectivity index (χ4v) is 1.27. The molecule has 1 fully saturated rings. The summed E-state index contributed by atoms with van der Waals surface area (Å²) in [6.45, 7) is 2.00. The predicted molar refractivity (Wildman–Crippen MR) is 46.9 cm³/mol. The largest absolute Gasteiger partial charge is 0.481 e. The molecule has 15 heavy (non-hydrogen) atoms. The molecule has 84 valence electrons. The van der Waals surface area contributed by atoms with Crippen molar-refractivity contribution in [2.24, 2.45) is 5.92 Å². The lowest BCUT2D eigenvalue weighted by Gasteiger charge is -2.12. The van der Waals surface area contributed by atoms with Gasteiger partial charge >= 0.3 is 17.9 Å². The molecule has 6 nitrogen and oxygen atoms in total. The molecular weight excluding hydrogens is 204 g/mol. The number of carboxylic acid groups (broad SMARTS) is 1. The Balaban J connectivity index is 2.62. The van der Waals surface area contributed by atoms with Crippen LogP contribution in [0.5, 0.6) is 0 Å². The van der Waals surface area contributed by atoms with Gasteiger partial charge in [-0.15, -0.1) is 0 Å². The lowest BCUT2D eigenvalue weighted by molar-refractivity contribution is -0.165. The molecule has 0 aromatic heterocycles. The fourth-order valence-electron chi connectivity index (χ4n) is 1.27. The Bertz CT molecular complexity index is 284. The summed E-state index contributed by atoms with van der Waals surface area (Å²) in [7, 11) is 0. The number of rotatable bonds is 4. The van der Waals surface area contributed by atoms with Crippen molar-refractivity contribution in [3.63, 3.8) is 0 Å². The molecule has 0 spiro atoms. The molecule has 1 aliphatic rings. The number of aliphatic carboxylic acids is 1. The van der Waals surface area contributed by atoms with Crippen molar-refractivity contribution in [1.29, 1.82) is 0 Å². The van der Waals surface area contributed by atoms with Gasteiger partial charge < -0.3 is 14.6 Å². The Morgan fingerprint density at radius 2 is 2.27 bits per heavy atom. The molecule has 6 heteroatoms. The van der Waals surface area contributed by atoms with Gasteiger partial charge in [-0.1, -0.05) is 6.92 Å². The van der Waals surface area contributed by atoms with E-state index in [1.807, 2.05) is 6.92 Å². The summed E-state index contributed by atoms with van der Waals surface area (Å²) in [5, 5.41) is 8.74. The van der Waals surface area contributed by atoms with Gasteiger partial charge in [-0.2, -0.15) is 0 Å². The van der Waals surface area contributed by atoms with Gasteiger partial charge in [0, 0.05) is 0 Å². The molecule has 1 saturated heterocycles. The predicted octanol–water partition coefficient (Wildman–Crippen LogP) is -0.0441. The van der Waals surface area contributed by atoms with E-state index in [9.17, 15) is 14.4 Å². The van der Waals surface area contributed by atoms with E-state index in [4.69, 9.17) is 9.84 Å². The molecule has 0 aromatic carbocycles. The van der Waals surface area contributed by atoms with Crippen LogP contribution in [0.2, 0.25) is 0 Å². The zero-order valence-corrected chi connectivity index (χ0v) is 8.26. The Morgan fingerprint density at radius 1 is 1.60 bits per heavy atom. The number of hydrogen-bond donors (Lipinski definition) is 1. The standard InChI is InChI=1S/C9H12O6/c1-2-3-14-9(13)7-5(8(11)12)4-6(10)15-7/h5,7H,2-4H2,1H3,(H,11,12)/t5-,7+/m0/s1. The van der Waals surface area contributed by atoms with E-state index < -0.39 is 29.9 Å². The Hall–Kier alpha value is -1.59. The second-order valence-electron chi connectivity index (χ2n) is 3.23. The van der Waals surface area contributed by atoms with E-state index >= 15 is 0 Å². The third-order valence-electron chi connectivity index (χ3n) is 2.01. The number of carbonyl (C=O) groups excluding carboxylic acids is 2. The highest BCUT2D eigenvalue weighted by Crippen LogP contribution is 2.23. The van der Waals surface area contributed by atoms with Crippen LogP contribution in [0.25, 0.3) is 0 Å². The second kappa shape index (κ2) is 4.77. The van der Waals surface area contributed by atoms with Gasteiger partial charge in [0.25, 0.3) is 0 Å². The molecule has 0 unspecified atom stereocenters. The first-order valence-electron chi connectivity index (χ1n) is 4.65. The minimum atomic E-state index is -1.29. The Morgan fingerprint density at radius 3 is 2.80 bits per heavy atom. The summed E-state index contributed by atoms with van der Waals surface area (Å²) < 4.78 is 9.32. The van der Waals surface area contributed by atoms with Crippen LogP contribution < -0.4 is 0 Å². The zero-order valence-electron chi connectivity index (χ0n) is 8.26. The van der Waals surface area contributed by atoms with Crippen LogP contribution in [0.4, 0.5) is 0 Å². The molecule has 0 aliphatic carbocycles. The second-order valence-corrected chi connectivity index (χ2v) is 3.23. The number of cyclic esters (lactones) is 1. The summed E-state index contributed by atoms with van der Waals surface area (Å²) in [6, 6.07) is 0. The van der Waals surface area contributed by atoms with Crippen molar-refractivity contribution >= 4 is 17.9 Å². The molecule has 2 atom stereocenters. The van der Waals surface area contributed by atoms with Gasteiger partial charge in [-0.3, -0.25) is 9.59 Å². The van der Waals surface area contributed by atoms with Gasteiger partial charge in [-0.25, -0.2) is 4.79 Å². The van der Waals surface area contributed by atoms with E-state index in [1.165, 1.54) is 0 Å². The Labute approximate surface area is 86.2 Å². The highest BCUT2D eigenvalue weighted by Gasteiger charge is 2.45. The van der Waals surface area contributed by atoms with E-state index in [2.05, 4.69) is 4.74 Å². The summed E-state index contributed by atoms with van der Waals surface area (Å²) >= 11 is 0. The van der Waals surface area contributed by atoms with Crippen LogP contribution in [-0.2, 0) is 23.9 Å². The van der Waals surface area contributed by atoms with Crippen molar-refractivity contribution in [1.82, 2.24) is 0 Å². The van der Waals surface area contributed by atoms with Crippen molar-refractivity contribution in [3.8, 4) is 0 Å². The fraction of sp³-hybridized carbons (Fsp3) is 0.667. The monoisotopic (exact) mass is 216 g/mol. The minimum Gasteiger partial charge on any atom is -0.481 e. The van der Waals surface area contributed by atoms with E-state index in [1.54, 1.807) is 0 Å². The molecule has 1 aliphatic heterocycles. The first-order valence-corrected chi connectivity index (χ1v) is 4.65.